The quantitative estimate of drug-likeness (QED) is 0.807. The highest BCUT2D eigenvalue weighted by molar-refractivity contribution is 7.14. The van der Waals surface area contributed by atoms with E-state index in [0.29, 0.717) is 5.54 Å². The smallest absolute Gasteiger partial charge is 0.0351 e. The van der Waals surface area contributed by atoms with E-state index in [2.05, 4.69) is 41.2 Å². The monoisotopic (exact) mass is 291 g/mol. The third kappa shape index (κ3) is 3.28. The van der Waals surface area contributed by atoms with Crippen LogP contribution < -0.4 is 5.32 Å². The minimum Gasteiger partial charge on any atom is -0.307 e. The lowest BCUT2D eigenvalue weighted by molar-refractivity contribution is 0.253. The van der Waals surface area contributed by atoms with Gasteiger partial charge in [-0.05, 0) is 42.7 Å². The molecular formula is C16H21NS2. The van der Waals surface area contributed by atoms with Crippen LogP contribution in [0.3, 0.4) is 0 Å². The Morgan fingerprint density at radius 3 is 2.79 bits per heavy atom. The first-order valence-electron chi connectivity index (χ1n) is 7.12. The topological polar surface area (TPSA) is 12.0 Å². The fraction of sp³-hybridized carbons (Fsp3) is 0.500. The van der Waals surface area contributed by atoms with Gasteiger partial charge in [0.15, 0.2) is 0 Å². The number of thiophene rings is 2. The van der Waals surface area contributed by atoms with Crippen LogP contribution >= 0.6 is 22.7 Å². The zero-order valence-corrected chi connectivity index (χ0v) is 13.1. The van der Waals surface area contributed by atoms with Crippen LogP contribution in [0.1, 0.15) is 43.9 Å². The normalized spacial score (nSPS) is 18.6. The van der Waals surface area contributed by atoms with Gasteiger partial charge in [0.1, 0.15) is 0 Å². The van der Waals surface area contributed by atoms with Gasteiger partial charge in [-0.1, -0.05) is 25.3 Å². The summed E-state index contributed by atoms with van der Waals surface area (Å²) in [5.41, 5.74) is 1.75. The second-order valence-electron chi connectivity index (χ2n) is 5.75. The van der Waals surface area contributed by atoms with Crippen molar-refractivity contribution in [3.63, 3.8) is 0 Å². The molecule has 2 heterocycles. The predicted molar refractivity (Wildman–Crippen MR) is 86.0 cm³/mol. The van der Waals surface area contributed by atoms with E-state index in [1.54, 1.807) is 0 Å². The van der Waals surface area contributed by atoms with Crippen LogP contribution in [0.25, 0.3) is 10.4 Å². The molecule has 0 aromatic carbocycles. The van der Waals surface area contributed by atoms with Crippen LogP contribution in [0, 0.1) is 0 Å². The molecule has 0 atom stereocenters. The second-order valence-corrected chi connectivity index (χ2v) is 7.70. The molecule has 1 saturated carbocycles. The Balaban J connectivity index is 1.61. The molecule has 0 spiro atoms. The SMILES string of the molecule is CC1(NCc2cc(-c3cccs3)cs2)CCCCC1. The maximum absolute atomic E-state index is 3.79. The molecule has 1 fully saturated rings. The van der Waals surface area contributed by atoms with Gasteiger partial charge in [-0.3, -0.25) is 0 Å². The van der Waals surface area contributed by atoms with Crippen molar-refractivity contribution in [1.29, 1.82) is 0 Å². The van der Waals surface area contributed by atoms with E-state index in [0.717, 1.165) is 6.54 Å². The molecule has 2 aromatic rings. The largest absolute Gasteiger partial charge is 0.307 e. The van der Waals surface area contributed by atoms with Crippen LogP contribution in [0.5, 0.6) is 0 Å². The van der Waals surface area contributed by atoms with Crippen molar-refractivity contribution in [2.45, 2.75) is 51.1 Å². The van der Waals surface area contributed by atoms with Gasteiger partial charge in [-0.15, -0.1) is 22.7 Å². The molecule has 0 bridgehead atoms. The maximum Gasteiger partial charge on any atom is 0.0351 e. The highest BCUT2D eigenvalue weighted by Gasteiger charge is 2.25. The van der Waals surface area contributed by atoms with E-state index < -0.39 is 0 Å². The summed E-state index contributed by atoms with van der Waals surface area (Å²) in [7, 11) is 0. The molecule has 1 aliphatic carbocycles. The van der Waals surface area contributed by atoms with E-state index in [1.807, 2.05) is 22.7 Å². The molecule has 0 unspecified atom stereocenters. The fourth-order valence-corrected chi connectivity index (χ4v) is 4.47. The Bertz CT molecular complexity index is 507. The predicted octanol–water partition coefficient (Wildman–Crippen LogP) is 5.29. The zero-order valence-electron chi connectivity index (χ0n) is 11.4. The van der Waals surface area contributed by atoms with Crippen LogP contribution in [0.15, 0.2) is 29.0 Å². The van der Waals surface area contributed by atoms with E-state index in [9.17, 15) is 0 Å². The Kier molecular flexibility index (Phi) is 4.06. The van der Waals surface area contributed by atoms with Crippen molar-refractivity contribution >= 4 is 22.7 Å². The summed E-state index contributed by atoms with van der Waals surface area (Å²) < 4.78 is 0. The average molecular weight is 291 g/mol. The van der Waals surface area contributed by atoms with Crippen molar-refractivity contribution < 1.29 is 0 Å². The van der Waals surface area contributed by atoms with Gasteiger partial charge in [0.05, 0.1) is 0 Å². The number of hydrogen-bond donors (Lipinski definition) is 1. The van der Waals surface area contributed by atoms with Crippen LogP contribution in [0.4, 0.5) is 0 Å². The molecule has 1 nitrogen and oxygen atoms in total. The highest BCUT2D eigenvalue weighted by Crippen LogP contribution is 2.31. The minimum atomic E-state index is 0.366. The van der Waals surface area contributed by atoms with Gasteiger partial charge >= 0.3 is 0 Å². The summed E-state index contributed by atoms with van der Waals surface area (Å²) in [6.07, 6.45) is 6.84. The van der Waals surface area contributed by atoms with E-state index in [4.69, 9.17) is 0 Å². The summed E-state index contributed by atoms with van der Waals surface area (Å²) in [6, 6.07) is 6.67. The second kappa shape index (κ2) is 5.78. The highest BCUT2D eigenvalue weighted by atomic mass is 32.1. The van der Waals surface area contributed by atoms with Gasteiger partial charge in [0.2, 0.25) is 0 Å². The van der Waals surface area contributed by atoms with Crippen molar-refractivity contribution in [2.75, 3.05) is 0 Å². The fourth-order valence-electron chi connectivity index (χ4n) is 2.85. The lowest BCUT2D eigenvalue weighted by Gasteiger charge is -2.34. The van der Waals surface area contributed by atoms with Crippen LogP contribution in [0.2, 0.25) is 0 Å². The molecule has 0 saturated heterocycles. The first-order chi connectivity index (χ1) is 9.25. The third-order valence-corrected chi connectivity index (χ3v) is 5.96. The first kappa shape index (κ1) is 13.3. The summed E-state index contributed by atoms with van der Waals surface area (Å²) in [5.74, 6) is 0. The van der Waals surface area contributed by atoms with Gasteiger partial charge in [-0.25, -0.2) is 0 Å². The average Bonchev–Trinajstić information content (AvgIpc) is 3.08. The lowest BCUT2D eigenvalue weighted by Crippen LogP contribution is -2.43. The van der Waals surface area contributed by atoms with Gasteiger partial charge < -0.3 is 5.32 Å². The van der Waals surface area contributed by atoms with Gasteiger partial charge in [0, 0.05) is 27.4 Å². The molecule has 0 aliphatic heterocycles. The molecule has 1 aliphatic rings. The van der Waals surface area contributed by atoms with Gasteiger partial charge in [-0.2, -0.15) is 0 Å². The Morgan fingerprint density at radius 2 is 2.05 bits per heavy atom. The molecular weight excluding hydrogens is 270 g/mol. The van der Waals surface area contributed by atoms with E-state index in [-0.39, 0.29) is 0 Å². The molecule has 0 radical (unpaired) electrons. The summed E-state index contributed by atoms with van der Waals surface area (Å²) in [6.45, 7) is 3.41. The Hall–Kier alpha value is -0.640. The Morgan fingerprint density at radius 1 is 1.21 bits per heavy atom. The third-order valence-electron chi connectivity index (χ3n) is 4.11. The zero-order chi connectivity index (χ0) is 13.1. The molecule has 1 N–H and O–H groups in total. The van der Waals surface area contributed by atoms with Crippen molar-refractivity contribution in [1.82, 2.24) is 5.32 Å². The van der Waals surface area contributed by atoms with Crippen molar-refractivity contribution in [2.24, 2.45) is 0 Å². The summed E-state index contributed by atoms with van der Waals surface area (Å²) in [5, 5.41) is 8.22. The van der Waals surface area contributed by atoms with E-state index >= 15 is 0 Å². The molecule has 19 heavy (non-hydrogen) atoms. The first-order valence-corrected chi connectivity index (χ1v) is 8.87. The van der Waals surface area contributed by atoms with Gasteiger partial charge in [0.25, 0.3) is 0 Å². The van der Waals surface area contributed by atoms with Crippen LogP contribution in [-0.2, 0) is 6.54 Å². The number of hydrogen-bond acceptors (Lipinski definition) is 3. The minimum absolute atomic E-state index is 0.366. The summed E-state index contributed by atoms with van der Waals surface area (Å²) >= 11 is 3.70. The number of nitrogens with one attached hydrogen (secondary N) is 1. The van der Waals surface area contributed by atoms with Crippen molar-refractivity contribution in [3.8, 4) is 10.4 Å². The standard InChI is InChI=1S/C16H21NS2/c1-16(7-3-2-4-8-16)17-11-14-10-13(12-19-14)15-6-5-9-18-15/h5-6,9-10,12,17H,2-4,7-8,11H2,1H3. The lowest BCUT2D eigenvalue weighted by atomic mass is 9.83. The van der Waals surface area contributed by atoms with Crippen LogP contribution in [-0.4, -0.2) is 5.54 Å². The molecule has 3 heteroatoms. The van der Waals surface area contributed by atoms with Crippen molar-refractivity contribution in [3.05, 3.63) is 33.8 Å². The van der Waals surface area contributed by atoms with E-state index in [1.165, 1.54) is 47.4 Å². The summed E-state index contributed by atoms with van der Waals surface area (Å²) in [4.78, 5) is 2.83. The maximum atomic E-state index is 3.79. The molecule has 3 rings (SSSR count). The Labute approximate surface area is 123 Å². The number of rotatable bonds is 4. The molecule has 2 aromatic heterocycles. The molecule has 102 valence electrons. The molecule has 0 amide bonds.